The Morgan fingerprint density at radius 1 is 1.05 bits per heavy atom. The Balaban J connectivity index is 1.55. The smallest absolute Gasteiger partial charge is 0.392 e. The minimum absolute atomic E-state index is 0.0251. The number of benzene rings is 2. The van der Waals surface area contributed by atoms with Gasteiger partial charge in [-0.2, -0.15) is 18.3 Å². The highest BCUT2D eigenvalue weighted by Gasteiger charge is 2.36. The monoisotopic (exact) mass is 543 g/mol. The van der Waals surface area contributed by atoms with Gasteiger partial charge in [-0.05, 0) is 42.5 Å². The van der Waals surface area contributed by atoms with Crippen molar-refractivity contribution >= 4 is 11.7 Å². The molecule has 3 aromatic heterocycles. The van der Waals surface area contributed by atoms with E-state index in [1.807, 2.05) is 0 Å². The van der Waals surface area contributed by atoms with Crippen LogP contribution in [0.2, 0.25) is 0 Å². The molecule has 3 heterocycles. The van der Waals surface area contributed by atoms with Crippen LogP contribution in [0, 0.1) is 11.6 Å². The summed E-state index contributed by atoms with van der Waals surface area (Å²) in [6, 6.07) is 8.60. The lowest BCUT2D eigenvalue weighted by molar-refractivity contribution is -0.137. The Labute approximate surface area is 214 Å². The fraction of sp³-hybridized carbons (Fsp3) is 0.0833. The van der Waals surface area contributed by atoms with Crippen LogP contribution in [0.5, 0.6) is 0 Å². The number of rotatable bonds is 6. The maximum Gasteiger partial charge on any atom is 0.434 e. The van der Waals surface area contributed by atoms with Crippen molar-refractivity contribution in [3.8, 4) is 17.1 Å². The normalized spacial score (nSPS) is 11.5. The Morgan fingerprint density at radius 2 is 1.77 bits per heavy atom. The predicted octanol–water partition coefficient (Wildman–Crippen LogP) is 4.15. The molecule has 10 nitrogen and oxygen atoms in total. The number of amides is 1. The minimum Gasteiger partial charge on any atom is -0.392 e. The maximum absolute atomic E-state index is 14.9. The van der Waals surface area contributed by atoms with Gasteiger partial charge in [0.25, 0.3) is 5.91 Å². The van der Waals surface area contributed by atoms with E-state index >= 15 is 0 Å². The topological polar surface area (TPSA) is 132 Å². The van der Waals surface area contributed by atoms with Crippen LogP contribution in [0.3, 0.4) is 0 Å². The van der Waals surface area contributed by atoms with Gasteiger partial charge in [-0.15, -0.1) is 5.10 Å². The van der Waals surface area contributed by atoms with Gasteiger partial charge in [0.05, 0.1) is 28.9 Å². The molecule has 0 radical (unpaired) electrons. The Hall–Kier alpha value is -5.21. The number of halogens is 5. The first kappa shape index (κ1) is 25.4. The summed E-state index contributed by atoms with van der Waals surface area (Å²) in [5.41, 5.74) is -2.17. The molecule has 1 amide bonds. The van der Waals surface area contributed by atoms with E-state index in [0.717, 1.165) is 12.1 Å². The lowest BCUT2D eigenvalue weighted by Gasteiger charge is -2.15. The summed E-state index contributed by atoms with van der Waals surface area (Å²) in [6.45, 7) is 0. The molecule has 5 aromatic rings. The largest absolute Gasteiger partial charge is 0.434 e. The molecule has 15 heteroatoms. The Bertz CT molecular complexity index is 1710. The molecule has 0 saturated carbocycles. The predicted molar refractivity (Wildman–Crippen MR) is 124 cm³/mol. The minimum atomic E-state index is -4.96. The van der Waals surface area contributed by atoms with E-state index < -0.39 is 46.2 Å². The van der Waals surface area contributed by atoms with Gasteiger partial charge in [-0.1, -0.05) is 0 Å². The van der Waals surface area contributed by atoms with Crippen molar-refractivity contribution in [3.63, 3.8) is 0 Å². The molecule has 0 bridgehead atoms. The molecule has 0 spiro atoms. The number of alkyl halides is 3. The average Bonchev–Trinajstić information content (AvgIpc) is 3.49. The summed E-state index contributed by atoms with van der Waals surface area (Å²) in [7, 11) is 0. The van der Waals surface area contributed by atoms with Gasteiger partial charge < -0.3 is 9.73 Å². The molecule has 0 aliphatic carbocycles. The number of carbonyl (C=O) groups is 1. The van der Waals surface area contributed by atoms with E-state index in [1.165, 1.54) is 41.3 Å². The Morgan fingerprint density at radius 3 is 2.41 bits per heavy atom. The third kappa shape index (κ3) is 5.41. The van der Waals surface area contributed by atoms with E-state index in [4.69, 9.17) is 4.42 Å². The highest BCUT2D eigenvalue weighted by Crippen LogP contribution is 2.37. The fourth-order valence-electron chi connectivity index (χ4n) is 3.66. The number of nitrogens with one attached hydrogen (secondary N) is 2. The second kappa shape index (κ2) is 9.92. The molecule has 2 aromatic carbocycles. The number of carbonyl (C=O) groups excluding carboxylic acids is 1. The summed E-state index contributed by atoms with van der Waals surface area (Å²) < 4.78 is 75.3. The zero-order valence-electron chi connectivity index (χ0n) is 19.3. The number of anilines is 1. The summed E-state index contributed by atoms with van der Waals surface area (Å²) >= 11 is 0. The summed E-state index contributed by atoms with van der Waals surface area (Å²) in [6.07, 6.45) is -2.65. The molecule has 0 aliphatic rings. The van der Waals surface area contributed by atoms with Gasteiger partial charge in [-0.3, -0.25) is 4.79 Å². The van der Waals surface area contributed by atoms with Gasteiger partial charge in [0, 0.05) is 24.0 Å². The van der Waals surface area contributed by atoms with Crippen LogP contribution in [0.25, 0.3) is 17.1 Å². The molecule has 198 valence electrons. The van der Waals surface area contributed by atoms with Crippen LogP contribution in [0.1, 0.15) is 27.5 Å². The number of aromatic nitrogens is 6. The van der Waals surface area contributed by atoms with Crippen LogP contribution in [0.15, 0.2) is 70.1 Å². The number of H-pyrrole nitrogens is 1. The fourth-order valence-corrected chi connectivity index (χ4v) is 3.66. The highest BCUT2D eigenvalue weighted by atomic mass is 19.4. The van der Waals surface area contributed by atoms with E-state index in [1.54, 1.807) is 0 Å². The van der Waals surface area contributed by atoms with Crippen molar-refractivity contribution in [1.82, 2.24) is 29.9 Å². The van der Waals surface area contributed by atoms with Gasteiger partial charge in [0.15, 0.2) is 5.82 Å². The molecule has 2 N–H and O–H groups in total. The van der Waals surface area contributed by atoms with Gasteiger partial charge in [-0.25, -0.2) is 33.3 Å². The zero-order valence-corrected chi connectivity index (χ0v) is 19.3. The number of hydrogen-bond acceptors (Lipinski definition) is 7. The molecule has 5 rings (SSSR count). The quantitative estimate of drug-likeness (QED) is 0.308. The second-order valence-corrected chi connectivity index (χ2v) is 7.99. The van der Waals surface area contributed by atoms with Crippen molar-refractivity contribution in [1.29, 1.82) is 0 Å². The molecular weight excluding hydrogens is 529 g/mol. The molecule has 0 atom stereocenters. The van der Waals surface area contributed by atoms with Gasteiger partial charge in [0.1, 0.15) is 17.5 Å². The summed E-state index contributed by atoms with van der Waals surface area (Å²) in [5.74, 6) is -4.33. The summed E-state index contributed by atoms with van der Waals surface area (Å²) in [4.78, 5) is 32.0. The van der Waals surface area contributed by atoms with E-state index in [9.17, 15) is 31.5 Å². The first-order chi connectivity index (χ1) is 18.6. The molecular formula is C24H14F5N7O3. The molecule has 0 aliphatic heterocycles. The standard InChI is InChI=1S/C24H14F5N7O3/c25-12-2-4-14(5-3-12)36-19(8-13(35-36)9-20-33-34-23(38)39-20)32-22(37)16-10-15(21-30-6-1-7-31-21)17(11-18(16)26)24(27,28)29/h1-8,10-11H,9H2,(H,32,37)(H,34,38). The van der Waals surface area contributed by atoms with Crippen LogP contribution < -0.4 is 11.1 Å². The number of hydrogen-bond donors (Lipinski definition) is 2. The Kier molecular flexibility index (Phi) is 6.47. The van der Waals surface area contributed by atoms with Gasteiger partial charge in [0.2, 0.25) is 5.89 Å². The molecule has 0 saturated heterocycles. The lowest BCUT2D eigenvalue weighted by Crippen LogP contribution is -2.18. The zero-order chi connectivity index (χ0) is 27.7. The van der Waals surface area contributed by atoms with E-state index in [2.05, 4.69) is 30.6 Å². The molecule has 39 heavy (non-hydrogen) atoms. The number of aromatic amines is 1. The van der Waals surface area contributed by atoms with Crippen molar-refractivity contribution in [3.05, 3.63) is 106 Å². The number of nitrogens with zero attached hydrogens (tertiary/aromatic N) is 5. The maximum atomic E-state index is 14.9. The van der Waals surface area contributed by atoms with E-state index in [0.29, 0.717) is 6.07 Å². The van der Waals surface area contributed by atoms with Crippen LogP contribution in [-0.4, -0.2) is 35.9 Å². The van der Waals surface area contributed by atoms with Gasteiger partial charge >= 0.3 is 11.9 Å². The third-order valence-corrected chi connectivity index (χ3v) is 5.35. The molecule has 0 unspecified atom stereocenters. The van der Waals surface area contributed by atoms with Crippen molar-refractivity contribution < 1.29 is 31.2 Å². The first-order valence-electron chi connectivity index (χ1n) is 11.0. The second-order valence-electron chi connectivity index (χ2n) is 7.99. The average molecular weight is 543 g/mol. The first-order valence-corrected chi connectivity index (χ1v) is 11.0. The van der Waals surface area contributed by atoms with Crippen molar-refractivity contribution in [2.24, 2.45) is 0 Å². The highest BCUT2D eigenvalue weighted by molar-refractivity contribution is 6.05. The van der Waals surface area contributed by atoms with Crippen molar-refractivity contribution in [2.45, 2.75) is 12.6 Å². The van der Waals surface area contributed by atoms with Crippen LogP contribution >= 0.6 is 0 Å². The third-order valence-electron chi connectivity index (χ3n) is 5.35. The lowest BCUT2D eigenvalue weighted by atomic mass is 10.0. The van der Waals surface area contributed by atoms with Crippen LogP contribution in [0.4, 0.5) is 27.8 Å². The SMILES string of the molecule is O=C(Nc1cc(Cc2n[nH]c(=O)o2)nn1-c1ccc(F)cc1)c1cc(-c2ncccn2)c(C(F)(F)F)cc1F. The molecule has 0 fully saturated rings. The van der Waals surface area contributed by atoms with E-state index in [-0.39, 0.29) is 41.4 Å². The van der Waals surface area contributed by atoms with Crippen LogP contribution in [-0.2, 0) is 12.6 Å². The summed E-state index contributed by atoms with van der Waals surface area (Å²) in [5, 5.41) is 12.5. The van der Waals surface area contributed by atoms with Crippen molar-refractivity contribution in [2.75, 3.05) is 5.32 Å².